The molecular formula is C38H12BF20NO2. The van der Waals surface area contributed by atoms with Crippen LogP contribution in [0.5, 0.6) is 0 Å². The number of carbonyl (C=O) groups excluding carboxylic acids is 2. The van der Waals surface area contributed by atoms with Crippen LogP contribution in [0, 0.1) is 116 Å². The lowest BCUT2D eigenvalue weighted by molar-refractivity contribution is -0.683. The normalized spacial score (nSPS) is 11.4. The molecule has 5 aromatic carbocycles. The van der Waals surface area contributed by atoms with E-state index in [0.717, 1.165) is 6.29 Å². The van der Waals surface area contributed by atoms with Crippen molar-refractivity contribution in [2.45, 2.75) is 6.54 Å². The minimum absolute atomic E-state index is 0.0504. The highest BCUT2D eigenvalue weighted by Crippen LogP contribution is 2.30. The quantitative estimate of drug-likeness (QED) is 0.0302. The highest BCUT2D eigenvalue weighted by atomic mass is 19.2. The maximum Gasteiger partial charge on any atom is 0.227 e. The van der Waals surface area contributed by atoms with Crippen molar-refractivity contribution >= 4 is 40.1 Å². The summed E-state index contributed by atoms with van der Waals surface area (Å²) >= 11 is 0. The van der Waals surface area contributed by atoms with E-state index < -0.39 is 144 Å². The van der Waals surface area contributed by atoms with Crippen LogP contribution in [0.1, 0.15) is 20.7 Å². The Kier molecular flexibility index (Phi) is 12.9. The van der Waals surface area contributed by atoms with Gasteiger partial charge in [0, 0.05) is 23.3 Å². The van der Waals surface area contributed by atoms with Gasteiger partial charge in [0.2, 0.25) is 12.3 Å². The van der Waals surface area contributed by atoms with Crippen molar-refractivity contribution in [3.05, 3.63) is 182 Å². The number of halogens is 20. The molecule has 3 nitrogen and oxygen atoms in total. The monoisotopic (exact) mass is 905 g/mol. The van der Waals surface area contributed by atoms with Gasteiger partial charge in [0.1, 0.15) is 52.7 Å². The van der Waals surface area contributed by atoms with Crippen molar-refractivity contribution in [2.24, 2.45) is 0 Å². The van der Waals surface area contributed by atoms with Crippen LogP contribution in [0.25, 0.3) is 0 Å². The molecule has 24 heteroatoms. The second kappa shape index (κ2) is 17.3. The smallest absolute Gasteiger partial charge is 0.227 e. The Bertz CT molecular complexity index is 2420. The molecule has 1 aromatic heterocycles. The number of nitrogens with zero attached hydrogens (tertiary/aromatic N) is 1. The molecule has 0 unspecified atom stereocenters. The average Bonchev–Trinajstić information content (AvgIpc) is 3.27. The van der Waals surface area contributed by atoms with Gasteiger partial charge < -0.3 is 0 Å². The van der Waals surface area contributed by atoms with Crippen molar-refractivity contribution in [1.29, 1.82) is 0 Å². The maximum absolute atomic E-state index is 15.4. The highest BCUT2D eigenvalue weighted by molar-refractivity contribution is 7.20. The molecule has 0 bridgehead atoms. The van der Waals surface area contributed by atoms with Gasteiger partial charge in [0.05, 0.1) is 0 Å². The molecule has 0 atom stereocenters. The number of Topliss-reactive ketones (excluding diaryl/α,β-unsaturated/α-hetero) is 1. The van der Waals surface area contributed by atoms with Crippen LogP contribution in [0.2, 0.25) is 0 Å². The molecule has 0 aliphatic carbocycles. The van der Waals surface area contributed by atoms with Gasteiger partial charge in [-0.3, -0.25) is 9.59 Å². The lowest BCUT2D eigenvalue weighted by Crippen LogP contribution is -2.81. The van der Waals surface area contributed by atoms with E-state index in [1.807, 2.05) is 18.2 Å². The molecule has 0 aliphatic rings. The van der Waals surface area contributed by atoms with Gasteiger partial charge in [-0.15, -0.1) is 21.9 Å². The van der Waals surface area contributed by atoms with E-state index in [4.69, 9.17) is 0 Å². The van der Waals surface area contributed by atoms with E-state index >= 15 is 35.1 Å². The number of aromatic nitrogens is 1. The molecule has 1 heterocycles. The Morgan fingerprint density at radius 1 is 0.387 bits per heavy atom. The highest BCUT2D eigenvalue weighted by Gasteiger charge is 2.52. The molecule has 0 N–H and O–H groups in total. The molecule has 62 heavy (non-hydrogen) atoms. The van der Waals surface area contributed by atoms with E-state index in [2.05, 4.69) is 0 Å². The molecule has 0 saturated carbocycles. The van der Waals surface area contributed by atoms with Gasteiger partial charge in [0.25, 0.3) is 0 Å². The summed E-state index contributed by atoms with van der Waals surface area (Å²) in [6.07, 6.45) is -2.98. The molecule has 324 valence electrons. The Morgan fingerprint density at radius 3 is 0.871 bits per heavy atom. The predicted octanol–water partition coefficient (Wildman–Crippen LogP) is 7.52. The summed E-state index contributed by atoms with van der Waals surface area (Å²) in [5.74, 6) is -71.4. The number of carbonyl (C=O) groups is 2. The first-order valence-corrected chi connectivity index (χ1v) is 16.3. The average molecular weight is 905 g/mol. The van der Waals surface area contributed by atoms with E-state index in [0.29, 0.717) is 11.1 Å². The largest absolute Gasteiger partial charge is 0.298 e. The molecule has 6 aromatic rings. The fourth-order valence-electron chi connectivity index (χ4n) is 6.41. The number of aldehydes is 1. The summed E-state index contributed by atoms with van der Waals surface area (Å²) in [6, 6.07) is 12.5. The van der Waals surface area contributed by atoms with Crippen LogP contribution in [0.3, 0.4) is 0 Å². The van der Waals surface area contributed by atoms with Crippen LogP contribution in [-0.2, 0) is 6.54 Å². The molecule has 0 aliphatic heterocycles. The Morgan fingerprint density at radius 2 is 0.629 bits per heavy atom. The standard InChI is InChI=1S/C24BF20.C14H12NO2/c26-5-1(6(27)14(35)21(42)13(5)34)25(2-7(28)15(36)22(43)16(37)8(2)29,3-9(30)17(38)23(44)18(39)10(3)31)4-11(32)19(40)24(45)20(41)12(4)33;16-11-12-6-8-15(9-7-12)10-14(17)13-4-2-1-3-5-13/h;1-9,11H,10H2/q-1;+1. The number of hydrogen-bond donors (Lipinski definition) is 0. The lowest BCUT2D eigenvalue weighted by atomic mass is 9.12. The summed E-state index contributed by atoms with van der Waals surface area (Å²) in [4.78, 5) is 22.4. The fraction of sp³-hybridized carbons (Fsp3) is 0.0263. The summed E-state index contributed by atoms with van der Waals surface area (Å²) in [5.41, 5.74) is -13.0. The second-order valence-corrected chi connectivity index (χ2v) is 12.5. The van der Waals surface area contributed by atoms with Crippen molar-refractivity contribution in [1.82, 2.24) is 0 Å². The number of hydrogen-bond acceptors (Lipinski definition) is 2. The van der Waals surface area contributed by atoms with Crippen molar-refractivity contribution in [3.63, 3.8) is 0 Å². The zero-order valence-electron chi connectivity index (χ0n) is 29.4. The van der Waals surface area contributed by atoms with Gasteiger partial charge >= 0.3 is 0 Å². The number of pyridine rings is 1. The number of ketones is 1. The van der Waals surface area contributed by atoms with Crippen LogP contribution < -0.4 is 26.4 Å². The molecule has 0 amide bonds. The zero-order valence-corrected chi connectivity index (χ0v) is 29.4. The topological polar surface area (TPSA) is 38.0 Å². The first-order chi connectivity index (χ1) is 29.0. The Labute approximate surface area is 331 Å². The number of benzene rings is 5. The van der Waals surface area contributed by atoms with E-state index in [9.17, 15) is 62.3 Å². The molecule has 0 spiro atoms. The van der Waals surface area contributed by atoms with Crippen molar-refractivity contribution < 1.29 is 102 Å². The van der Waals surface area contributed by atoms with E-state index in [1.54, 1.807) is 41.2 Å². The Balaban J connectivity index is 0.000000355. The Hall–Kier alpha value is -6.75. The zero-order chi connectivity index (χ0) is 46.4. The van der Waals surface area contributed by atoms with Gasteiger partial charge in [-0.1, -0.05) is 30.3 Å². The minimum Gasteiger partial charge on any atom is -0.298 e. The van der Waals surface area contributed by atoms with Gasteiger partial charge in [0.15, 0.2) is 88.5 Å². The molecule has 0 fully saturated rings. The molecule has 0 radical (unpaired) electrons. The summed E-state index contributed by atoms with van der Waals surface area (Å²) < 4.78 is 296. The summed E-state index contributed by atoms with van der Waals surface area (Å²) in [6.45, 7) is 0.281. The van der Waals surface area contributed by atoms with Crippen LogP contribution >= 0.6 is 0 Å². The third-order valence-corrected chi connectivity index (χ3v) is 9.18. The third kappa shape index (κ3) is 7.29. The number of rotatable bonds is 8. The van der Waals surface area contributed by atoms with Crippen LogP contribution in [0.4, 0.5) is 87.8 Å². The van der Waals surface area contributed by atoms with Crippen LogP contribution in [0.15, 0.2) is 54.9 Å². The minimum atomic E-state index is -7.22. The van der Waals surface area contributed by atoms with Gasteiger partial charge in [-0.2, -0.15) is 4.57 Å². The summed E-state index contributed by atoms with van der Waals surface area (Å²) in [7, 11) is 0. The first-order valence-electron chi connectivity index (χ1n) is 16.3. The van der Waals surface area contributed by atoms with E-state index in [-0.39, 0.29) is 12.3 Å². The van der Waals surface area contributed by atoms with Crippen molar-refractivity contribution in [2.75, 3.05) is 0 Å². The van der Waals surface area contributed by atoms with Crippen molar-refractivity contribution in [3.8, 4) is 0 Å². The van der Waals surface area contributed by atoms with E-state index in [1.165, 1.54) is 0 Å². The molecule has 0 saturated heterocycles. The summed E-state index contributed by atoms with van der Waals surface area (Å²) in [5, 5.41) is 0. The first kappa shape index (κ1) is 46.3. The SMILES string of the molecule is Fc1c(F)c(F)c([B-](c2c(F)c(F)c(F)c(F)c2F)(c2c(F)c(F)c(F)c(F)c2F)c2c(F)c(F)c(F)c(F)c2F)c(F)c1F.O=Cc1cc[n+](CC(=O)c2ccccc2)cc1. The lowest BCUT2D eigenvalue weighted by Gasteiger charge is -2.44. The van der Waals surface area contributed by atoms with Crippen LogP contribution in [-0.4, -0.2) is 18.2 Å². The third-order valence-electron chi connectivity index (χ3n) is 9.18. The van der Waals surface area contributed by atoms with Gasteiger partial charge in [-0.25, -0.2) is 87.8 Å². The fourth-order valence-corrected chi connectivity index (χ4v) is 6.41. The van der Waals surface area contributed by atoms with Gasteiger partial charge in [-0.05, 0) is 0 Å². The molecular weight excluding hydrogens is 893 g/mol. The second-order valence-electron chi connectivity index (χ2n) is 12.5. The molecule has 6 rings (SSSR count). The maximum atomic E-state index is 15.4. The predicted molar refractivity (Wildman–Crippen MR) is 172 cm³/mol.